The fraction of sp³-hybridized carbons (Fsp3) is 0.176. The summed E-state index contributed by atoms with van der Waals surface area (Å²) in [5.74, 6) is 2.34. The third kappa shape index (κ3) is 6.46. The summed E-state index contributed by atoms with van der Waals surface area (Å²) in [5.41, 5.74) is 9.69. The van der Waals surface area contributed by atoms with Crippen LogP contribution in [0, 0.1) is 17.8 Å². The largest absolute Gasteiger partial charge is 0.508 e. The van der Waals surface area contributed by atoms with E-state index >= 15 is 4.79 Å². The number of carbonyl (C=O) groups is 4. The SMILES string of the molecule is CC(NC(=O)N1C(=O)C2(c3cc(C#CCn4nnc5ccccc54)ccc31)C(C(N)=O)C1C(=O)OC(c3ccccc3)C(c3ccccc3)N1C2c1ccc(O)cc1)c1ccccc1. The molecule has 13 nitrogen and oxygen atoms in total. The molecule has 7 atom stereocenters. The number of para-hydroxylation sites is 1. The molecule has 0 saturated carbocycles. The van der Waals surface area contributed by atoms with Gasteiger partial charge in [0, 0.05) is 5.56 Å². The number of cyclic esters (lactones) is 1. The van der Waals surface area contributed by atoms with Crippen molar-refractivity contribution in [2.75, 3.05) is 4.90 Å². The average Bonchev–Trinajstić information content (AvgIpc) is 3.96. The van der Waals surface area contributed by atoms with Gasteiger partial charge in [-0.05, 0) is 77.2 Å². The van der Waals surface area contributed by atoms with Crippen LogP contribution >= 0.6 is 0 Å². The third-order valence-electron chi connectivity index (χ3n) is 12.7. The number of nitrogens with two attached hydrogens (primary N) is 1. The molecule has 4 N–H and O–H groups in total. The Kier molecular flexibility index (Phi) is 10.0. The number of urea groups is 1. The van der Waals surface area contributed by atoms with Crippen LogP contribution in [-0.2, 0) is 31.1 Å². The Balaban J connectivity index is 1.20. The number of primary amides is 1. The first-order valence-electron chi connectivity index (χ1n) is 20.9. The molecule has 3 aliphatic rings. The highest BCUT2D eigenvalue weighted by atomic mass is 16.6. The van der Waals surface area contributed by atoms with E-state index in [1.807, 2.05) is 127 Å². The third-order valence-corrected chi connectivity index (χ3v) is 12.7. The minimum atomic E-state index is -2.02. The van der Waals surface area contributed by atoms with Crippen molar-refractivity contribution < 1.29 is 29.0 Å². The van der Waals surface area contributed by atoms with E-state index in [0.29, 0.717) is 16.7 Å². The van der Waals surface area contributed by atoms with Crippen LogP contribution in [0.1, 0.15) is 64.5 Å². The average molecular weight is 848 g/mol. The molecule has 64 heavy (non-hydrogen) atoms. The van der Waals surface area contributed by atoms with Gasteiger partial charge in [0.2, 0.25) is 11.8 Å². The number of rotatable bonds is 7. The topological polar surface area (TPSA) is 173 Å². The normalized spacial score (nSPS) is 22.9. The van der Waals surface area contributed by atoms with Crippen LogP contribution in [-0.4, -0.2) is 54.9 Å². The number of fused-ring (bicyclic) bond motifs is 4. The van der Waals surface area contributed by atoms with Gasteiger partial charge in [0.15, 0.2) is 0 Å². The number of nitrogens with one attached hydrogen (secondary N) is 1. The van der Waals surface area contributed by atoms with E-state index < -0.39 is 65.4 Å². The molecule has 316 valence electrons. The molecular weight excluding hydrogens is 807 g/mol. The Morgan fingerprint density at radius 1 is 0.812 bits per heavy atom. The summed E-state index contributed by atoms with van der Waals surface area (Å²) >= 11 is 0. The number of esters is 1. The molecular formula is C51H41N7O6. The maximum Gasteiger partial charge on any atom is 0.329 e. The standard InChI is InChI=1S/C51H41N7O6/c1-31(33-15-5-2-6-16-33)53-50(63)57-40-28-23-32(14-13-29-56-41-22-12-11-21-39(41)54-55-56)30-38(40)51(49(57)62)42(47(52)60)44-48(61)64-45(35-19-9-4-10-20-35)43(34-17-7-3-8-18-34)58(44)46(51)36-24-26-37(59)27-25-36/h2-12,15-28,30-31,42-46,59H,29H2,1H3,(H2,52,60)(H,53,63). The maximum absolute atomic E-state index is 16.1. The fourth-order valence-corrected chi connectivity index (χ4v) is 10.00. The van der Waals surface area contributed by atoms with Gasteiger partial charge >= 0.3 is 12.0 Å². The number of hydrogen-bond acceptors (Lipinski definition) is 9. The van der Waals surface area contributed by atoms with Gasteiger partial charge in [0.05, 0.1) is 35.2 Å². The highest BCUT2D eigenvalue weighted by Gasteiger charge is 2.75. The molecule has 7 aromatic rings. The zero-order chi connectivity index (χ0) is 44.1. The lowest BCUT2D eigenvalue weighted by atomic mass is 9.65. The lowest BCUT2D eigenvalue weighted by Gasteiger charge is -2.46. The predicted molar refractivity (Wildman–Crippen MR) is 237 cm³/mol. The van der Waals surface area contributed by atoms with Crippen molar-refractivity contribution in [3.05, 3.63) is 191 Å². The molecule has 4 heterocycles. The van der Waals surface area contributed by atoms with Gasteiger partial charge in [-0.2, -0.15) is 0 Å². The van der Waals surface area contributed by atoms with E-state index in [4.69, 9.17) is 10.5 Å². The minimum absolute atomic E-state index is 0.0367. The molecule has 0 bridgehead atoms. The number of imide groups is 1. The number of aromatic hydroxyl groups is 1. The lowest BCUT2D eigenvalue weighted by molar-refractivity contribution is -0.178. The Labute approximate surface area is 368 Å². The molecule has 2 fully saturated rings. The predicted octanol–water partition coefficient (Wildman–Crippen LogP) is 6.81. The minimum Gasteiger partial charge on any atom is -0.508 e. The summed E-state index contributed by atoms with van der Waals surface area (Å²) in [4.78, 5) is 63.3. The number of ether oxygens (including phenoxy) is 1. The smallest absolute Gasteiger partial charge is 0.329 e. The van der Waals surface area contributed by atoms with Crippen LogP contribution in [0.3, 0.4) is 0 Å². The zero-order valence-electron chi connectivity index (χ0n) is 34.5. The Morgan fingerprint density at radius 2 is 1.47 bits per heavy atom. The summed E-state index contributed by atoms with van der Waals surface area (Å²) in [6.07, 6.45) is -0.900. The molecule has 2 saturated heterocycles. The summed E-state index contributed by atoms with van der Waals surface area (Å²) < 4.78 is 8.09. The first-order chi connectivity index (χ1) is 31.2. The molecule has 0 aliphatic carbocycles. The highest BCUT2D eigenvalue weighted by molar-refractivity contribution is 6.24. The number of aromatic nitrogens is 3. The molecule has 6 aromatic carbocycles. The van der Waals surface area contributed by atoms with Gasteiger partial charge in [0.1, 0.15) is 35.4 Å². The van der Waals surface area contributed by atoms with Gasteiger partial charge in [0.25, 0.3) is 0 Å². The van der Waals surface area contributed by atoms with Crippen molar-refractivity contribution in [1.29, 1.82) is 0 Å². The molecule has 1 spiro atoms. The zero-order valence-corrected chi connectivity index (χ0v) is 34.5. The fourth-order valence-electron chi connectivity index (χ4n) is 10.00. The van der Waals surface area contributed by atoms with Crippen molar-refractivity contribution in [1.82, 2.24) is 25.2 Å². The van der Waals surface area contributed by atoms with Gasteiger partial charge in [-0.25, -0.2) is 14.4 Å². The van der Waals surface area contributed by atoms with Crippen LogP contribution in [0.15, 0.2) is 158 Å². The summed E-state index contributed by atoms with van der Waals surface area (Å²) in [5, 5.41) is 22.1. The molecule has 3 aliphatic heterocycles. The van der Waals surface area contributed by atoms with Crippen LogP contribution in [0.25, 0.3) is 11.0 Å². The van der Waals surface area contributed by atoms with Crippen LogP contribution in [0.5, 0.6) is 5.75 Å². The van der Waals surface area contributed by atoms with Crippen molar-refractivity contribution >= 4 is 40.5 Å². The van der Waals surface area contributed by atoms with E-state index in [0.717, 1.165) is 27.1 Å². The van der Waals surface area contributed by atoms with E-state index in [1.54, 1.807) is 35.0 Å². The number of phenolic OH excluding ortho intramolecular Hbond substituents is 1. The van der Waals surface area contributed by atoms with Crippen LogP contribution in [0.4, 0.5) is 10.5 Å². The molecule has 10 rings (SSSR count). The monoisotopic (exact) mass is 847 g/mol. The Hall–Kier alpha value is -8.08. The van der Waals surface area contributed by atoms with E-state index in [-0.39, 0.29) is 23.5 Å². The van der Waals surface area contributed by atoms with E-state index in [9.17, 15) is 19.5 Å². The number of amides is 4. The molecule has 1 aromatic heterocycles. The quantitative estimate of drug-likeness (QED) is 0.115. The number of morpholine rings is 1. The Morgan fingerprint density at radius 3 is 2.17 bits per heavy atom. The molecule has 0 radical (unpaired) electrons. The van der Waals surface area contributed by atoms with Gasteiger partial charge in [-0.3, -0.25) is 19.3 Å². The van der Waals surface area contributed by atoms with Crippen molar-refractivity contribution in [2.24, 2.45) is 11.7 Å². The first kappa shape index (κ1) is 40.0. The van der Waals surface area contributed by atoms with Crippen LogP contribution < -0.4 is 16.0 Å². The van der Waals surface area contributed by atoms with Gasteiger partial charge in [-0.15, -0.1) is 5.10 Å². The van der Waals surface area contributed by atoms with Gasteiger partial charge in [-0.1, -0.05) is 132 Å². The molecule has 4 amide bonds. The second-order valence-electron chi connectivity index (χ2n) is 16.3. The number of carbonyl (C=O) groups excluding carboxylic acids is 4. The van der Waals surface area contributed by atoms with E-state index in [2.05, 4.69) is 27.5 Å². The number of nitrogens with zero attached hydrogens (tertiary/aromatic N) is 5. The van der Waals surface area contributed by atoms with Crippen molar-refractivity contribution in [3.63, 3.8) is 0 Å². The summed E-state index contributed by atoms with van der Waals surface area (Å²) in [6, 6.07) is 42.4. The van der Waals surface area contributed by atoms with Crippen molar-refractivity contribution in [3.8, 4) is 17.6 Å². The molecule has 13 heteroatoms. The second kappa shape index (κ2) is 16.0. The maximum atomic E-state index is 16.1. The van der Waals surface area contributed by atoms with Crippen molar-refractivity contribution in [2.45, 2.75) is 49.2 Å². The van der Waals surface area contributed by atoms with E-state index in [1.165, 1.54) is 12.1 Å². The van der Waals surface area contributed by atoms with Gasteiger partial charge < -0.3 is 20.9 Å². The van der Waals surface area contributed by atoms with Crippen LogP contribution in [0.2, 0.25) is 0 Å². The Bertz CT molecular complexity index is 3010. The lowest BCUT2D eigenvalue weighted by Crippen LogP contribution is -2.55. The molecule has 7 unspecified atom stereocenters. The first-order valence-corrected chi connectivity index (χ1v) is 20.9. The number of anilines is 1. The summed E-state index contributed by atoms with van der Waals surface area (Å²) in [6.45, 7) is 2.00. The second-order valence-corrected chi connectivity index (χ2v) is 16.3. The number of phenols is 1. The number of hydrogen-bond donors (Lipinski definition) is 3. The summed E-state index contributed by atoms with van der Waals surface area (Å²) in [7, 11) is 0. The highest BCUT2D eigenvalue weighted by Crippen LogP contribution is 2.65. The number of benzene rings is 6.